The largest absolute Gasteiger partial charge is 0.497 e. The standard InChI is InChI=1S/C33H44O9/c1-35-31-12-8-29(9-13-31)33(28-6-4-3-5-7-28,30-10-14-32(36-2)15-11-30)42-27-26-41-25-24-40-23-22-39-21-20-38-19-18-37-17-16-34/h3-15,34H,16-27H2,1-2H3. The maximum atomic E-state index is 8.64. The molecule has 0 amide bonds. The van der Waals surface area contributed by atoms with Gasteiger partial charge in [-0.15, -0.1) is 0 Å². The van der Waals surface area contributed by atoms with Gasteiger partial charge in [-0.3, -0.25) is 0 Å². The number of rotatable bonds is 23. The molecule has 0 heterocycles. The molecule has 0 aromatic heterocycles. The minimum atomic E-state index is -0.868. The van der Waals surface area contributed by atoms with Crippen LogP contribution in [0.15, 0.2) is 78.9 Å². The average Bonchev–Trinajstić information content (AvgIpc) is 3.05. The molecule has 0 unspecified atom stereocenters. The van der Waals surface area contributed by atoms with Crippen LogP contribution in [0.5, 0.6) is 11.5 Å². The van der Waals surface area contributed by atoms with Crippen LogP contribution >= 0.6 is 0 Å². The molecule has 0 spiro atoms. The molecule has 42 heavy (non-hydrogen) atoms. The summed E-state index contributed by atoms with van der Waals surface area (Å²) < 4.78 is 45.0. The molecule has 3 aromatic carbocycles. The van der Waals surface area contributed by atoms with Crippen LogP contribution in [0.1, 0.15) is 16.7 Å². The summed E-state index contributed by atoms with van der Waals surface area (Å²) in [7, 11) is 3.31. The van der Waals surface area contributed by atoms with Crippen LogP contribution < -0.4 is 9.47 Å². The Morgan fingerprint density at radius 2 is 0.810 bits per heavy atom. The highest BCUT2D eigenvalue weighted by atomic mass is 16.6. The van der Waals surface area contributed by atoms with E-state index >= 15 is 0 Å². The fraction of sp³-hybridized carbons (Fsp3) is 0.455. The monoisotopic (exact) mass is 584 g/mol. The Bertz CT molecular complexity index is 1030. The lowest BCUT2D eigenvalue weighted by molar-refractivity contribution is -0.0393. The lowest BCUT2D eigenvalue weighted by Gasteiger charge is -2.36. The predicted molar refractivity (Wildman–Crippen MR) is 159 cm³/mol. The molecule has 9 heteroatoms. The van der Waals surface area contributed by atoms with Crippen molar-refractivity contribution >= 4 is 0 Å². The summed E-state index contributed by atoms with van der Waals surface area (Å²) in [5.74, 6) is 1.55. The van der Waals surface area contributed by atoms with E-state index in [4.69, 9.17) is 43.0 Å². The maximum absolute atomic E-state index is 8.64. The van der Waals surface area contributed by atoms with Crippen LogP contribution in [0.2, 0.25) is 0 Å². The summed E-state index contributed by atoms with van der Waals surface area (Å²) in [5, 5.41) is 8.64. The van der Waals surface area contributed by atoms with Crippen molar-refractivity contribution in [2.75, 3.05) is 93.5 Å². The predicted octanol–water partition coefficient (Wildman–Crippen LogP) is 4.09. The molecule has 3 aromatic rings. The van der Waals surface area contributed by atoms with Crippen molar-refractivity contribution < 1.29 is 43.0 Å². The van der Waals surface area contributed by atoms with E-state index in [1.807, 2.05) is 66.7 Å². The first kappa shape index (κ1) is 33.5. The zero-order valence-corrected chi connectivity index (χ0v) is 24.7. The number of aliphatic hydroxyl groups is 1. The van der Waals surface area contributed by atoms with E-state index in [0.717, 1.165) is 28.2 Å². The molecule has 0 saturated carbocycles. The van der Waals surface area contributed by atoms with Crippen LogP contribution in [0.4, 0.5) is 0 Å². The second-order valence-corrected chi connectivity index (χ2v) is 9.14. The van der Waals surface area contributed by atoms with Gasteiger partial charge in [-0.05, 0) is 41.0 Å². The Morgan fingerprint density at radius 1 is 0.452 bits per heavy atom. The zero-order valence-electron chi connectivity index (χ0n) is 24.7. The van der Waals surface area contributed by atoms with Gasteiger partial charge < -0.3 is 43.0 Å². The summed E-state index contributed by atoms with van der Waals surface area (Å²) in [4.78, 5) is 0. The first-order chi connectivity index (χ1) is 20.7. The minimum absolute atomic E-state index is 0.0199. The Morgan fingerprint density at radius 3 is 1.19 bits per heavy atom. The van der Waals surface area contributed by atoms with Crippen LogP contribution in [-0.4, -0.2) is 98.6 Å². The summed E-state index contributed by atoms with van der Waals surface area (Å²) in [5.41, 5.74) is 2.09. The Labute approximate surface area is 249 Å². The van der Waals surface area contributed by atoms with Gasteiger partial charge in [0.15, 0.2) is 0 Å². The van der Waals surface area contributed by atoms with Crippen LogP contribution in [0, 0.1) is 0 Å². The van der Waals surface area contributed by atoms with Gasteiger partial charge in [0, 0.05) is 0 Å². The minimum Gasteiger partial charge on any atom is -0.497 e. The van der Waals surface area contributed by atoms with E-state index < -0.39 is 5.60 Å². The highest BCUT2D eigenvalue weighted by Crippen LogP contribution is 2.41. The number of hydrogen-bond acceptors (Lipinski definition) is 9. The van der Waals surface area contributed by atoms with E-state index in [1.165, 1.54) is 0 Å². The molecule has 0 aliphatic heterocycles. The number of benzene rings is 3. The Balaban J connectivity index is 1.48. The zero-order chi connectivity index (χ0) is 29.7. The molecule has 230 valence electrons. The molecule has 0 aliphatic rings. The van der Waals surface area contributed by atoms with E-state index in [-0.39, 0.29) is 6.61 Å². The summed E-state index contributed by atoms with van der Waals surface area (Å²) >= 11 is 0. The number of methoxy groups -OCH3 is 2. The number of aliphatic hydroxyl groups excluding tert-OH is 1. The summed E-state index contributed by atoms with van der Waals surface area (Å²) in [6, 6.07) is 26.1. The fourth-order valence-electron chi connectivity index (χ4n) is 4.37. The molecule has 0 aliphatic carbocycles. The van der Waals surface area contributed by atoms with Crippen molar-refractivity contribution in [2.45, 2.75) is 5.60 Å². The van der Waals surface area contributed by atoms with Crippen molar-refractivity contribution in [3.8, 4) is 11.5 Å². The Hall–Kier alpha value is -3.02. The van der Waals surface area contributed by atoms with Gasteiger partial charge in [0.1, 0.15) is 17.1 Å². The molecule has 0 bridgehead atoms. The van der Waals surface area contributed by atoms with Crippen LogP contribution in [-0.2, 0) is 34.0 Å². The Kier molecular flexibility index (Phi) is 15.9. The van der Waals surface area contributed by atoms with E-state index in [0.29, 0.717) is 72.7 Å². The van der Waals surface area contributed by atoms with E-state index in [2.05, 4.69) is 12.1 Å². The van der Waals surface area contributed by atoms with Crippen LogP contribution in [0.25, 0.3) is 0 Å². The van der Waals surface area contributed by atoms with E-state index in [9.17, 15) is 0 Å². The van der Waals surface area contributed by atoms with Crippen molar-refractivity contribution in [2.24, 2.45) is 0 Å². The molecule has 1 N–H and O–H groups in total. The summed E-state index contributed by atoms with van der Waals surface area (Å²) in [6.45, 7) is 4.91. The van der Waals surface area contributed by atoms with Gasteiger partial charge in [-0.2, -0.15) is 0 Å². The third-order valence-electron chi connectivity index (χ3n) is 6.44. The highest BCUT2D eigenvalue weighted by Gasteiger charge is 2.37. The summed E-state index contributed by atoms with van der Waals surface area (Å²) in [6.07, 6.45) is 0. The third kappa shape index (κ3) is 10.7. The third-order valence-corrected chi connectivity index (χ3v) is 6.44. The molecule has 0 radical (unpaired) electrons. The van der Waals surface area contributed by atoms with Gasteiger partial charge in [-0.1, -0.05) is 54.6 Å². The van der Waals surface area contributed by atoms with Crippen molar-refractivity contribution in [3.05, 3.63) is 95.6 Å². The number of ether oxygens (including phenoxy) is 8. The molecule has 0 saturated heterocycles. The van der Waals surface area contributed by atoms with Gasteiger partial charge in [0.2, 0.25) is 0 Å². The van der Waals surface area contributed by atoms with Crippen molar-refractivity contribution in [1.82, 2.24) is 0 Å². The second kappa shape index (κ2) is 20.0. The van der Waals surface area contributed by atoms with Gasteiger partial charge in [0.25, 0.3) is 0 Å². The van der Waals surface area contributed by atoms with Gasteiger partial charge in [-0.25, -0.2) is 0 Å². The first-order valence-corrected chi connectivity index (χ1v) is 14.2. The van der Waals surface area contributed by atoms with Crippen molar-refractivity contribution in [3.63, 3.8) is 0 Å². The topological polar surface area (TPSA) is 94.1 Å². The molecular weight excluding hydrogens is 540 g/mol. The normalized spacial score (nSPS) is 11.5. The second-order valence-electron chi connectivity index (χ2n) is 9.14. The highest BCUT2D eigenvalue weighted by molar-refractivity contribution is 5.49. The lowest BCUT2D eigenvalue weighted by atomic mass is 9.80. The SMILES string of the molecule is COc1ccc(C(OCCOCCOCCOCCOCCOCCO)(c2ccccc2)c2ccc(OC)cc2)cc1. The van der Waals surface area contributed by atoms with Crippen LogP contribution in [0.3, 0.4) is 0 Å². The quantitative estimate of drug-likeness (QED) is 0.131. The lowest BCUT2D eigenvalue weighted by Crippen LogP contribution is -2.34. The van der Waals surface area contributed by atoms with Gasteiger partial charge in [0.05, 0.1) is 93.5 Å². The molecule has 9 nitrogen and oxygen atoms in total. The number of hydrogen-bond donors (Lipinski definition) is 1. The molecular formula is C33H44O9. The fourth-order valence-corrected chi connectivity index (χ4v) is 4.37. The molecule has 0 fully saturated rings. The average molecular weight is 585 g/mol. The van der Waals surface area contributed by atoms with E-state index in [1.54, 1.807) is 14.2 Å². The smallest absolute Gasteiger partial charge is 0.143 e. The molecule has 3 rings (SSSR count). The molecule has 0 atom stereocenters. The first-order valence-electron chi connectivity index (χ1n) is 14.2. The van der Waals surface area contributed by atoms with Gasteiger partial charge >= 0.3 is 0 Å². The van der Waals surface area contributed by atoms with Crippen molar-refractivity contribution in [1.29, 1.82) is 0 Å². The maximum Gasteiger partial charge on any atom is 0.143 e.